The number of aryl methyl sites for hydroxylation is 1. The summed E-state index contributed by atoms with van der Waals surface area (Å²) in [6.07, 6.45) is 2.61. The molecule has 0 bridgehead atoms. The molecule has 1 unspecified atom stereocenters. The van der Waals surface area contributed by atoms with Crippen LogP contribution in [0.5, 0.6) is 0 Å². The van der Waals surface area contributed by atoms with Crippen LogP contribution in [-0.2, 0) is 4.74 Å². The van der Waals surface area contributed by atoms with Gasteiger partial charge in [0, 0.05) is 50.6 Å². The minimum Gasteiger partial charge on any atom is -0.462 e. The van der Waals surface area contributed by atoms with Crippen molar-refractivity contribution < 1.29 is 9.53 Å². The summed E-state index contributed by atoms with van der Waals surface area (Å²) in [6.45, 7) is 11.9. The van der Waals surface area contributed by atoms with Gasteiger partial charge in [-0.3, -0.25) is 4.90 Å². The van der Waals surface area contributed by atoms with Crippen LogP contribution in [0.2, 0.25) is 0 Å². The maximum absolute atomic E-state index is 11.7. The van der Waals surface area contributed by atoms with Gasteiger partial charge in [0.05, 0.1) is 12.2 Å². The molecule has 1 fully saturated rings. The Hall–Kier alpha value is -2.60. The number of carbonyl (C=O) groups excluding carboxylic acids is 1. The smallest absolute Gasteiger partial charge is 0.339 e. The number of rotatable bonds is 8. The third kappa shape index (κ3) is 6.19. The maximum atomic E-state index is 11.7. The topological polar surface area (TPSA) is 57.7 Å². The summed E-state index contributed by atoms with van der Waals surface area (Å²) in [5.41, 5.74) is 3.13. The summed E-state index contributed by atoms with van der Waals surface area (Å²) in [6, 6.07) is 12.7. The molecule has 6 heteroatoms. The van der Waals surface area contributed by atoms with Gasteiger partial charge in [0.1, 0.15) is 5.82 Å². The minimum absolute atomic E-state index is 0.311. The number of piperazine rings is 1. The number of carbonyl (C=O) groups is 1. The highest BCUT2D eigenvalue weighted by atomic mass is 16.5. The molecule has 2 heterocycles. The average molecular weight is 397 g/mol. The number of esters is 1. The zero-order valence-electron chi connectivity index (χ0n) is 17.7. The van der Waals surface area contributed by atoms with E-state index < -0.39 is 0 Å². The van der Waals surface area contributed by atoms with Gasteiger partial charge in [0.25, 0.3) is 0 Å². The van der Waals surface area contributed by atoms with Crippen molar-refractivity contribution in [2.45, 2.75) is 33.2 Å². The average Bonchev–Trinajstić information content (AvgIpc) is 2.73. The van der Waals surface area contributed by atoms with E-state index in [4.69, 9.17) is 4.74 Å². The first kappa shape index (κ1) is 21.1. The van der Waals surface area contributed by atoms with Gasteiger partial charge >= 0.3 is 5.97 Å². The Bertz CT molecular complexity index is 786. The summed E-state index contributed by atoms with van der Waals surface area (Å²) in [5.74, 6) is 0.458. The number of ether oxygens (including phenoxy) is 1. The van der Waals surface area contributed by atoms with E-state index in [0.29, 0.717) is 18.2 Å². The van der Waals surface area contributed by atoms with E-state index in [0.717, 1.165) is 45.0 Å². The predicted octanol–water partition coefficient (Wildman–Crippen LogP) is 3.58. The van der Waals surface area contributed by atoms with Gasteiger partial charge in [0.15, 0.2) is 0 Å². The van der Waals surface area contributed by atoms with E-state index >= 15 is 0 Å². The fourth-order valence-corrected chi connectivity index (χ4v) is 3.57. The molecule has 1 aromatic carbocycles. The van der Waals surface area contributed by atoms with Crippen molar-refractivity contribution in [2.75, 3.05) is 49.5 Å². The van der Waals surface area contributed by atoms with Gasteiger partial charge in [-0.05, 0) is 57.0 Å². The highest BCUT2D eigenvalue weighted by Crippen LogP contribution is 2.18. The van der Waals surface area contributed by atoms with Crippen molar-refractivity contribution in [2.24, 2.45) is 0 Å². The molecule has 3 rings (SSSR count). The molecule has 1 atom stereocenters. The lowest BCUT2D eigenvalue weighted by Gasteiger charge is -2.36. The van der Waals surface area contributed by atoms with E-state index in [1.165, 1.54) is 11.3 Å². The first-order valence-corrected chi connectivity index (χ1v) is 10.5. The molecule has 0 saturated carbocycles. The van der Waals surface area contributed by atoms with Crippen molar-refractivity contribution in [1.82, 2.24) is 9.88 Å². The number of nitrogens with zero attached hydrogens (tertiary/aromatic N) is 3. The SMILES string of the molecule is CCOC(=O)c1ccc(NC(C)CCN2CCN(c3cccc(C)c3)CC2)nc1. The highest BCUT2D eigenvalue weighted by Gasteiger charge is 2.18. The molecule has 6 nitrogen and oxygen atoms in total. The Kier molecular flexibility index (Phi) is 7.47. The van der Waals surface area contributed by atoms with Crippen LogP contribution in [0.1, 0.15) is 36.2 Å². The fraction of sp³-hybridized carbons (Fsp3) is 0.478. The summed E-state index contributed by atoms with van der Waals surface area (Å²) in [4.78, 5) is 21.0. The van der Waals surface area contributed by atoms with E-state index in [1.807, 2.05) is 6.07 Å². The van der Waals surface area contributed by atoms with Crippen LogP contribution >= 0.6 is 0 Å². The van der Waals surface area contributed by atoms with E-state index in [2.05, 4.69) is 58.2 Å². The Morgan fingerprint density at radius 2 is 2.00 bits per heavy atom. The number of benzene rings is 1. The lowest BCUT2D eigenvalue weighted by atomic mass is 10.1. The van der Waals surface area contributed by atoms with Crippen molar-refractivity contribution in [3.8, 4) is 0 Å². The Morgan fingerprint density at radius 1 is 1.21 bits per heavy atom. The molecule has 1 saturated heterocycles. The molecule has 0 aliphatic carbocycles. The van der Waals surface area contributed by atoms with Gasteiger partial charge in [-0.15, -0.1) is 0 Å². The molecule has 1 N–H and O–H groups in total. The van der Waals surface area contributed by atoms with E-state index in [-0.39, 0.29) is 5.97 Å². The van der Waals surface area contributed by atoms with Gasteiger partial charge in [-0.1, -0.05) is 12.1 Å². The van der Waals surface area contributed by atoms with Crippen LogP contribution in [0.25, 0.3) is 0 Å². The second-order valence-corrected chi connectivity index (χ2v) is 7.65. The molecule has 29 heavy (non-hydrogen) atoms. The molecule has 0 amide bonds. The van der Waals surface area contributed by atoms with Crippen LogP contribution in [0, 0.1) is 6.92 Å². The van der Waals surface area contributed by atoms with Crippen LogP contribution < -0.4 is 10.2 Å². The zero-order valence-corrected chi connectivity index (χ0v) is 17.7. The van der Waals surface area contributed by atoms with Crippen LogP contribution in [0.3, 0.4) is 0 Å². The summed E-state index contributed by atoms with van der Waals surface area (Å²) in [7, 11) is 0. The zero-order chi connectivity index (χ0) is 20.6. The largest absolute Gasteiger partial charge is 0.462 e. The molecule has 0 spiro atoms. The Labute approximate surface area is 173 Å². The Balaban J connectivity index is 1.40. The number of hydrogen-bond acceptors (Lipinski definition) is 6. The number of pyridine rings is 1. The van der Waals surface area contributed by atoms with Gasteiger partial charge in [0.2, 0.25) is 0 Å². The van der Waals surface area contributed by atoms with Crippen molar-refractivity contribution in [1.29, 1.82) is 0 Å². The second kappa shape index (κ2) is 10.3. The van der Waals surface area contributed by atoms with E-state index in [1.54, 1.807) is 19.2 Å². The van der Waals surface area contributed by atoms with Gasteiger partial charge < -0.3 is 15.0 Å². The quantitative estimate of drug-likeness (QED) is 0.689. The lowest BCUT2D eigenvalue weighted by Crippen LogP contribution is -2.47. The molecule has 1 aliphatic heterocycles. The number of nitrogens with one attached hydrogen (secondary N) is 1. The third-order valence-electron chi connectivity index (χ3n) is 5.29. The highest BCUT2D eigenvalue weighted by molar-refractivity contribution is 5.89. The van der Waals surface area contributed by atoms with Crippen molar-refractivity contribution in [3.05, 3.63) is 53.7 Å². The van der Waals surface area contributed by atoms with Crippen molar-refractivity contribution in [3.63, 3.8) is 0 Å². The second-order valence-electron chi connectivity index (χ2n) is 7.65. The summed E-state index contributed by atoms with van der Waals surface area (Å²) in [5, 5.41) is 3.42. The fourth-order valence-electron chi connectivity index (χ4n) is 3.57. The summed E-state index contributed by atoms with van der Waals surface area (Å²) < 4.78 is 4.99. The standard InChI is InChI=1S/C23H32N4O2/c1-4-29-23(28)20-8-9-22(24-17-20)25-19(3)10-11-26-12-14-27(15-13-26)21-7-5-6-18(2)16-21/h5-9,16-17,19H,4,10-15H2,1-3H3,(H,24,25). The van der Waals surface area contributed by atoms with E-state index in [9.17, 15) is 4.79 Å². The predicted molar refractivity (Wildman–Crippen MR) is 118 cm³/mol. The van der Waals surface area contributed by atoms with Crippen LogP contribution in [0.15, 0.2) is 42.6 Å². The molecular weight excluding hydrogens is 364 g/mol. The monoisotopic (exact) mass is 396 g/mol. The number of anilines is 2. The first-order valence-electron chi connectivity index (χ1n) is 10.5. The molecule has 0 radical (unpaired) electrons. The molecule has 1 aromatic heterocycles. The molecular formula is C23H32N4O2. The van der Waals surface area contributed by atoms with Crippen LogP contribution in [-0.4, -0.2) is 61.2 Å². The number of aromatic nitrogens is 1. The molecule has 1 aliphatic rings. The summed E-state index contributed by atoms with van der Waals surface area (Å²) >= 11 is 0. The molecule has 156 valence electrons. The maximum Gasteiger partial charge on any atom is 0.339 e. The normalized spacial score (nSPS) is 15.8. The lowest BCUT2D eigenvalue weighted by molar-refractivity contribution is 0.0526. The number of hydrogen-bond donors (Lipinski definition) is 1. The minimum atomic E-state index is -0.329. The van der Waals surface area contributed by atoms with Crippen molar-refractivity contribution >= 4 is 17.5 Å². The third-order valence-corrected chi connectivity index (χ3v) is 5.29. The van der Waals surface area contributed by atoms with Gasteiger partial charge in [-0.25, -0.2) is 9.78 Å². The molecule has 2 aromatic rings. The van der Waals surface area contributed by atoms with Gasteiger partial charge in [-0.2, -0.15) is 0 Å². The first-order chi connectivity index (χ1) is 14.0. The van der Waals surface area contributed by atoms with Crippen LogP contribution in [0.4, 0.5) is 11.5 Å². The Morgan fingerprint density at radius 3 is 2.66 bits per heavy atom.